The maximum Gasteiger partial charge on any atom is 0.261 e. The summed E-state index contributed by atoms with van der Waals surface area (Å²) >= 11 is 1.58. The Kier molecular flexibility index (Phi) is 4.49. The predicted molar refractivity (Wildman–Crippen MR) is 85.0 cm³/mol. The van der Waals surface area contributed by atoms with E-state index in [0.29, 0.717) is 32.6 Å². The highest BCUT2D eigenvalue weighted by Gasteiger charge is 2.38. The molecular formula is C16H22N2O3S. The molecule has 0 radical (unpaired) electrons. The molecule has 1 aromatic rings. The Hall–Kier alpha value is -1.40. The Morgan fingerprint density at radius 1 is 1.27 bits per heavy atom. The quantitative estimate of drug-likeness (QED) is 0.884. The van der Waals surface area contributed by atoms with Crippen LogP contribution in [0.15, 0.2) is 6.07 Å². The Morgan fingerprint density at radius 2 is 2.00 bits per heavy atom. The molecule has 5 nitrogen and oxygen atoms in total. The Morgan fingerprint density at radius 3 is 2.68 bits per heavy atom. The maximum absolute atomic E-state index is 12.4. The number of nitrogens with one attached hydrogen (secondary N) is 1. The fourth-order valence-corrected chi connectivity index (χ4v) is 4.38. The number of carbonyl (C=O) groups excluding carboxylic acids is 2. The molecule has 0 unspecified atom stereocenters. The lowest BCUT2D eigenvalue weighted by Crippen LogP contribution is -2.49. The molecular weight excluding hydrogens is 300 g/mol. The van der Waals surface area contributed by atoms with Gasteiger partial charge in [0.05, 0.1) is 10.3 Å². The third-order valence-corrected chi connectivity index (χ3v) is 6.02. The molecule has 2 heterocycles. The van der Waals surface area contributed by atoms with E-state index in [1.165, 1.54) is 23.3 Å². The number of ether oxygens (including phenoxy) is 1. The zero-order valence-corrected chi connectivity index (χ0v) is 13.5. The van der Waals surface area contributed by atoms with Crippen molar-refractivity contribution in [3.05, 3.63) is 21.4 Å². The van der Waals surface area contributed by atoms with Gasteiger partial charge in [-0.15, -0.1) is 11.3 Å². The second-order valence-corrected chi connectivity index (χ2v) is 7.34. The van der Waals surface area contributed by atoms with Crippen molar-refractivity contribution in [1.29, 1.82) is 0 Å². The SMILES string of the molecule is NC(=O)C1(CNC(=O)c2cc3c(s2)CCCC3)CCOCC1. The highest BCUT2D eigenvalue weighted by molar-refractivity contribution is 7.14. The lowest BCUT2D eigenvalue weighted by molar-refractivity contribution is -0.132. The summed E-state index contributed by atoms with van der Waals surface area (Å²) in [5.41, 5.74) is 6.22. The van der Waals surface area contributed by atoms with Gasteiger partial charge >= 0.3 is 0 Å². The average Bonchev–Trinajstić information content (AvgIpc) is 2.97. The van der Waals surface area contributed by atoms with Crippen LogP contribution in [0.4, 0.5) is 0 Å². The number of rotatable bonds is 4. The van der Waals surface area contributed by atoms with E-state index in [-0.39, 0.29) is 11.8 Å². The summed E-state index contributed by atoms with van der Waals surface area (Å²) in [7, 11) is 0. The van der Waals surface area contributed by atoms with Crippen LogP contribution in [0.5, 0.6) is 0 Å². The van der Waals surface area contributed by atoms with Crippen LogP contribution in [-0.2, 0) is 22.4 Å². The first-order chi connectivity index (χ1) is 10.6. The fourth-order valence-electron chi connectivity index (χ4n) is 3.21. The molecule has 1 saturated heterocycles. The van der Waals surface area contributed by atoms with Crippen molar-refractivity contribution in [3.8, 4) is 0 Å². The monoisotopic (exact) mass is 322 g/mol. The standard InChI is InChI=1S/C16H22N2O3S/c17-15(20)16(5-7-21-8-6-16)10-18-14(19)13-9-11-3-1-2-4-12(11)22-13/h9H,1-8,10H2,(H2,17,20)(H,18,19). The number of thiophene rings is 1. The molecule has 2 amide bonds. The summed E-state index contributed by atoms with van der Waals surface area (Å²) < 4.78 is 5.30. The fraction of sp³-hybridized carbons (Fsp3) is 0.625. The number of primary amides is 1. The van der Waals surface area contributed by atoms with Crippen LogP contribution in [0, 0.1) is 5.41 Å². The minimum atomic E-state index is -0.662. The molecule has 3 rings (SSSR count). The predicted octanol–water partition coefficient (Wildman–Crippen LogP) is 1.64. The van der Waals surface area contributed by atoms with E-state index in [1.807, 2.05) is 6.07 Å². The molecule has 2 aliphatic rings. The average molecular weight is 322 g/mol. The first-order valence-electron chi connectivity index (χ1n) is 7.88. The number of fused-ring (bicyclic) bond motifs is 1. The summed E-state index contributed by atoms with van der Waals surface area (Å²) in [6.45, 7) is 1.34. The smallest absolute Gasteiger partial charge is 0.261 e. The molecule has 0 spiro atoms. The van der Waals surface area contributed by atoms with Gasteiger partial charge in [0.2, 0.25) is 5.91 Å². The lowest BCUT2D eigenvalue weighted by Gasteiger charge is -2.34. The number of hydrogen-bond donors (Lipinski definition) is 2. The molecule has 1 fully saturated rings. The molecule has 1 aromatic heterocycles. The Labute approximate surface area is 134 Å². The molecule has 0 atom stereocenters. The number of nitrogens with two attached hydrogens (primary N) is 1. The molecule has 1 aliphatic carbocycles. The summed E-state index contributed by atoms with van der Waals surface area (Å²) in [6.07, 6.45) is 5.71. The van der Waals surface area contributed by atoms with Gasteiger partial charge in [-0.1, -0.05) is 0 Å². The highest BCUT2D eigenvalue weighted by Crippen LogP contribution is 2.31. The van der Waals surface area contributed by atoms with Crippen LogP contribution in [-0.4, -0.2) is 31.6 Å². The van der Waals surface area contributed by atoms with E-state index in [0.717, 1.165) is 17.7 Å². The van der Waals surface area contributed by atoms with Crippen molar-refractivity contribution < 1.29 is 14.3 Å². The minimum absolute atomic E-state index is 0.0912. The van der Waals surface area contributed by atoms with Gasteiger partial charge in [-0.25, -0.2) is 0 Å². The number of aryl methyl sites for hydroxylation is 2. The van der Waals surface area contributed by atoms with Crippen molar-refractivity contribution in [3.63, 3.8) is 0 Å². The zero-order valence-electron chi connectivity index (χ0n) is 12.7. The van der Waals surface area contributed by atoms with Gasteiger partial charge < -0.3 is 15.8 Å². The Balaban J connectivity index is 1.66. The normalized spacial score (nSPS) is 20.2. The lowest BCUT2D eigenvalue weighted by atomic mass is 9.79. The number of carbonyl (C=O) groups is 2. The van der Waals surface area contributed by atoms with Gasteiger partial charge in [0.1, 0.15) is 0 Å². The third-order valence-electron chi connectivity index (χ3n) is 4.78. The van der Waals surface area contributed by atoms with E-state index < -0.39 is 5.41 Å². The van der Waals surface area contributed by atoms with Gasteiger partial charge in [0.15, 0.2) is 0 Å². The molecule has 6 heteroatoms. The van der Waals surface area contributed by atoms with Gasteiger partial charge in [-0.05, 0) is 50.2 Å². The first-order valence-corrected chi connectivity index (χ1v) is 8.70. The van der Waals surface area contributed by atoms with Gasteiger partial charge in [-0.3, -0.25) is 9.59 Å². The van der Waals surface area contributed by atoms with E-state index in [2.05, 4.69) is 5.32 Å². The van der Waals surface area contributed by atoms with E-state index in [1.54, 1.807) is 11.3 Å². The highest BCUT2D eigenvalue weighted by atomic mass is 32.1. The molecule has 120 valence electrons. The summed E-state index contributed by atoms with van der Waals surface area (Å²) in [5, 5.41) is 2.92. The van der Waals surface area contributed by atoms with Crippen molar-refractivity contribution in [2.45, 2.75) is 38.5 Å². The van der Waals surface area contributed by atoms with Crippen LogP contribution in [0.25, 0.3) is 0 Å². The van der Waals surface area contributed by atoms with Crippen LogP contribution in [0.1, 0.15) is 45.8 Å². The molecule has 22 heavy (non-hydrogen) atoms. The van der Waals surface area contributed by atoms with Crippen LogP contribution < -0.4 is 11.1 Å². The molecule has 3 N–H and O–H groups in total. The minimum Gasteiger partial charge on any atom is -0.381 e. The molecule has 0 bridgehead atoms. The Bertz CT molecular complexity index is 552. The molecule has 0 saturated carbocycles. The first kappa shape index (κ1) is 15.5. The molecule has 0 aromatic carbocycles. The maximum atomic E-state index is 12.4. The van der Waals surface area contributed by atoms with Crippen molar-refractivity contribution in [2.24, 2.45) is 11.1 Å². The second kappa shape index (κ2) is 6.38. The van der Waals surface area contributed by atoms with Crippen LogP contribution in [0.2, 0.25) is 0 Å². The van der Waals surface area contributed by atoms with Gasteiger partial charge in [0.25, 0.3) is 5.91 Å². The number of amides is 2. The van der Waals surface area contributed by atoms with Crippen molar-refractivity contribution in [1.82, 2.24) is 5.32 Å². The van der Waals surface area contributed by atoms with Crippen LogP contribution >= 0.6 is 11.3 Å². The van der Waals surface area contributed by atoms with Gasteiger partial charge in [0, 0.05) is 24.6 Å². The second-order valence-electron chi connectivity index (χ2n) is 6.21. The van der Waals surface area contributed by atoms with Crippen molar-refractivity contribution >= 4 is 23.2 Å². The van der Waals surface area contributed by atoms with Gasteiger partial charge in [-0.2, -0.15) is 0 Å². The molecule has 1 aliphatic heterocycles. The summed E-state index contributed by atoms with van der Waals surface area (Å²) in [5.74, 6) is -0.437. The third kappa shape index (κ3) is 3.03. The van der Waals surface area contributed by atoms with Crippen LogP contribution in [0.3, 0.4) is 0 Å². The summed E-state index contributed by atoms with van der Waals surface area (Å²) in [6, 6.07) is 2.01. The van der Waals surface area contributed by atoms with E-state index >= 15 is 0 Å². The largest absolute Gasteiger partial charge is 0.381 e. The zero-order chi connectivity index (χ0) is 15.6. The van der Waals surface area contributed by atoms with E-state index in [4.69, 9.17) is 10.5 Å². The number of hydrogen-bond acceptors (Lipinski definition) is 4. The summed E-state index contributed by atoms with van der Waals surface area (Å²) in [4.78, 5) is 26.3. The van der Waals surface area contributed by atoms with Crippen molar-refractivity contribution in [2.75, 3.05) is 19.8 Å². The topological polar surface area (TPSA) is 81.4 Å². The van der Waals surface area contributed by atoms with E-state index in [9.17, 15) is 9.59 Å².